The highest BCUT2D eigenvalue weighted by Gasteiger charge is 2.18. The van der Waals surface area contributed by atoms with Crippen LogP contribution >= 0.6 is 23.6 Å². The molecular weight excluding hydrogens is 240 g/mol. The third-order valence-corrected chi connectivity index (χ3v) is 3.84. The van der Waals surface area contributed by atoms with Crippen LogP contribution in [0.2, 0.25) is 0 Å². The molecule has 1 aromatic carbocycles. The Morgan fingerprint density at radius 2 is 2.25 bits per heavy atom. The number of para-hydroxylation sites is 1. The van der Waals surface area contributed by atoms with E-state index in [0.717, 1.165) is 17.2 Å². The van der Waals surface area contributed by atoms with Crippen molar-refractivity contribution in [1.29, 1.82) is 0 Å². The van der Waals surface area contributed by atoms with E-state index >= 15 is 0 Å². The third kappa shape index (κ3) is 1.76. The quantitative estimate of drug-likeness (QED) is 0.726. The Labute approximate surface area is 103 Å². The normalized spacial score (nSPS) is 16.5. The van der Waals surface area contributed by atoms with Crippen LogP contribution in [-0.4, -0.2) is 29.7 Å². The summed E-state index contributed by atoms with van der Waals surface area (Å²) in [7, 11) is 0. The van der Waals surface area contributed by atoms with Gasteiger partial charge in [0.2, 0.25) is 0 Å². The molecule has 1 aromatic heterocycles. The van der Waals surface area contributed by atoms with Crippen LogP contribution in [0, 0.1) is 0 Å². The summed E-state index contributed by atoms with van der Waals surface area (Å²) >= 11 is 6.78. The van der Waals surface area contributed by atoms with Crippen LogP contribution in [0.5, 0.6) is 0 Å². The van der Waals surface area contributed by atoms with Gasteiger partial charge >= 0.3 is 0 Å². The van der Waals surface area contributed by atoms with Gasteiger partial charge in [0.05, 0.1) is 23.3 Å². The lowest BCUT2D eigenvalue weighted by molar-refractivity contribution is 0.295. The number of thiocarbonyl (C=S) groups is 1. The molecule has 82 valence electrons. The van der Waals surface area contributed by atoms with Gasteiger partial charge in [-0.25, -0.2) is 4.98 Å². The van der Waals surface area contributed by atoms with E-state index in [0.29, 0.717) is 18.2 Å². The van der Waals surface area contributed by atoms with Gasteiger partial charge in [0.25, 0.3) is 0 Å². The first kappa shape index (κ1) is 9.99. The van der Waals surface area contributed by atoms with Crippen LogP contribution in [0.1, 0.15) is 0 Å². The number of morpholine rings is 1. The van der Waals surface area contributed by atoms with E-state index in [4.69, 9.17) is 17.0 Å². The summed E-state index contributed by atoms with van der Waals surface area (Å²) < 4.78 is 6.49. The van der Waals surface area contributed by atoms with E-state index in [2.05, 4.69) is 16.0 Å². The van der Waals surface area contributed by atoms with Crippen molar-refractivity contribution in [3.05, 3.63) is 24.3 Å². The van der Waals surface area contributed by atoms with Gasteiger partial charge in [-0.05, 0) is 24.4 Å². The van der Waals surface area contributed by atoms with Gasteiger partial charge in [-0.2, -0.15) is 0 Å². The second-order valence-electron chi connectivity index (χ2n) is 3.61. The van der Waals surface area contributed by atoms with Gasteiger partial charge < -0.3 is 9.64 Å². The molecule has 0 atom stereocenters. The number of hydrogen-bond donors (Lipinski definition) is 0. The fraction of sp³-hybridized carbons (Fsp3) is 0.273. The number of hydrogen-bond acceptors (Lipinski definition) is 5. The molecule has 0 spiro atoms. The van der Waals surface area contributed by atoms with Crippen molar-refractivity contribution < 1.29 is 4.74 Å². The molecule has 1 aliphatic rings. The molecule has 0 radical (unpaired) electrons. The smallest absolute Gasteiger partial charge is 0.186 e. The van der Waals surface area contributed by atoms with Crippen LogP contribution < -0.4 is 4.90 Å². The molecule has 0 unspecified atom stereocenters. The lowest BCUT2D eigenvalue weighted by atomic mass is 10.3. The first-order chi connectivity index (χ1) is 7.83. The van der Waals surface area contributed by atoms with Crippen molar-refractivity contribution in [2.75, 3.05) is 24.6 Å². The van der Waals surface area contributed by atoms with Crippen molar-refractivity contribution in [1.82, 2.24) is 4.98 Å². The molecule has 0 N–H and O–H groups in total. The lowest BCUT2D eigenvalue weighted by Crippen LogP contribution is -2.38. The largest absolute Gasteiger partial charge is 0.483 e. The number of aromatic nitrogens is 1. The Morgan fingerprint density at radius 3 is 3.06 bits per heavy atom. The predicted molar refractivity (Wildman–Crippen MR) is 70.4 cm³/mol. The lowest BCUT2D eigenvalue weighted by Gasteiger charge is -2.26. The highest BCUT2D eigenvalue weighted by Crippen LogP contribution is 2.28. The molecule has 5 heteroatoms. The fourth-order valence-corrected chi connectivity index (χ4v) is 2.94. The van der Waals surface area contributed by atoms with Gasteiger partial charge in [0.15, 0.2) is 10.2 Å². The predicted octanol–water partition coefficient (Wildman–Crippen LogP) is 2.46. The average molecular weight is 250 g/mol. The van der Waals surface area contributed by atoms with Gasteiger partial charge in [0.1, 0.15) is 6.61 Å². The van der Waals surface area contributed by atoms with Crippen molar-refractivity contribution in [2.45, 2.75) is 0 Å². The summed E-state index contributed by atoms with van der Waals surface area (Å²) in [5.74, 6) is 0. The van der Waals surface area contributed by atoms with Crippen LogP contribution in [0.3, 0.4) is 0 Å². The number of nitrogens with zero attached hydrogens (tertiary/aromatic N) is 2. The second-order valence-corrected chi connectivity index (χ2v) is 5.07. The molecular formula is C11H10N2OS2. The molecule has 0 saturated carbocycles. The Morgan fingerprint density at radius 1 is 1.38 bits per heavy atom. The third-order valence-electron chi connectivity index (χ3n) is 2.50. The van der Waals surface area contributed by atoms with Gasteiger partial charge in [-0.3, -0.25) is 0 Å². The van der Waals surface area contributed by atoms with E-state index in [1.807, 2.05) is 18.2 Å². The minimum absolute atomic E-state index is 0.658. The minimum Gasteiger partial charge on any atom is -0.483 e. The maximum Gasteiger partial charge on any atom is 0.186 e. The molecule has 3 nitrogen and oxygen atoms in total. The molecule has 1 aliphatic heterocycles. The zero-order chi connectivity index (χ0) is 11.0. The number of thiazole rings is 1. The minimum atomic E-state index is 0.658. The van der Waals surface area contributed by atoms with Crippen molar-refractivity contribution >= 4 is 44.0 Å². The fourth-order valence-electron chi connectivity index (χ4n) is 1.71. The van der Waals surface area contributed by atoms with E-state index in [9.17, 15) is 0 Å². The van der Waals surface area contributed by atoms with Gasteiger partial charge in [-0.15, -0.1) is 0 Å². The molecule has 0 bridgehead atoms. The van der Waals surface area contributed by atoms with Crippen LogP contribution in [0.15, 0.2) is 24.3 Å². The molecule has 2 heterocycles. The van der Waals surface area contributed by atoms with E-state index in [1.54, 1.807) is 11.3 Å². The van der Waals surface area contributed by atoms with Gasteiger partial charge in [-0.1, -0.05) is 23.5 Å². The highest BCUT2D eigenvalue weighted by atomic mass is 32.1. The average Bonchev–Trinajstić information content (AvgIpc) is 2.72. The van der Waals surface area contributed by atoms with E-state index < -0.39 is 0 Å². The number of anilines is 1. The summed E-state index contributed by atoms with van der Waals surface area (Å²) in [6, 6.07) is 8.17. The Hall–Kier alpha value is -1.20. The summed E-state index contributed by atoms with van der Waals surface area (Å²) in [4.78, 5) is 6.78. The van der Waals surface area contributed by atoms with Crippen molar-refractivity contribution in [3.8, 4) is 0 Å². The number of benzene rings is 1. The topological polar surface area (TPSA) is 25.4 Å². The molecule has 3 rings (SSSR count). The maximum atomic E-state index is 5.27. The summed E-state index contributed by atoms with van der Waals surface area (Å²) in [5.41, 5.74) is 1.06. The van der Waals surface area contributed by atoms with Crippen LogP contribution in [-0.2, 0) is 4.74 Å². The zero-order valence-electron chi connectivity index (χ0n) is 8.55. The molecule has 0 amide bonds. The van der Waals surface area contributed by atoms with E-state index in [-0.39, 0.29) is 0 Å². The van der Waals surface area contributed by atoms with Crippen molar-refractivity contribution in [2.24, 2.45) is 0 Å². The Bertz CT molecular complexity index is 505. The maximum absolute atomic E-state index is 5.27. The standard InChI is InChI=1S/C11H10N2OS2/c15-10-7-13(5-6-14-10)11-12-8-3-1-2-4-9(8)16-11/h1-4H,5-7H2. The molecule has 1 fully saturated rings. The number of ether oxygens (including phenoxy) is 1. The highest BCUT2D eigenvalue weighted by molar-refractivity contribution is 7.80. The first-order valence-electron chi connectivity index (χ1n) is 5.09. The summed E-state index contributed by atoms with van der Waals surface area (Å²) in [6.45, 7) is 2.20. The number of rotatable bonds is 1. The Kier molecular flexibility index (Phi) is 2.49. The second kappa shape index (κ2) is 3.99. The molecule has 1 saturated heterocycles. The first-order valence-corrected chi connectivity index (χ1v) is 6.31. The Balaban J connectivity index is 1.96. The molecule has 16 heavy (non-hydrogen) atoms. The van der Waals surface area contributed by atoms with Crippen molar-refractivity contribution in [3.63, 3.8) is 0 Å². The summed E-state index contributed by atoms with van der Waals surface area (Å²) in [5, 5.41) is 1.69. The number of fused-ring (bicyclic) bond motifs is 1. The zero-order valence-corrected chi connectivity index (χ0v) is 10.2. The molecule has 0 aliphatic carbocycles. The van der Waals surface area contributed by atoms with Gasteiger partial charge in [0, 0.05) is 0 Å². The molecule has 2 aromatic rings. The van der Waals surface area contributed by atoms with E-state index in [1.165, 1.54) is 4.70 Å². The summed E-state index contributed by atoms with van der Waals surface area (Å²) in [6.07, 6.45) is 0. The monoisotopic (exact) mass is 250 g/mol. The van der Waals surface area contributed by atoms with Crippen LogP contribution in [0.4, 0.5) is 5.13 Å². The van der Waals surface area contributed by atoms with Crippen LogP contribution in [0.25, 0.3) is 10.2 Å². The SMILES string of the molecule is S=C1CN(c2nc3ccccc3s2)CCO1.